The Morgan fingerprint density at radius 1 is 0.783 bits per heavy atom. The first-order chi connectivity index (χ1) is 10.5. The molecule has 124 valence electrons. The fourth-order valence-electron chi connectivity index (χ4n) is 3.54. The molecule has 0 spiro atoms. The van der Waals surface area contributed by atoms with E-state index in [9.17, 15) is 0 Å². The highest BCUT2D eigenvalue weighted by Crippen LogP contribution is 2.28. The second-order valence-corrected chi connectivity index (χ2v) is 32.5. The predicted molar refractivity (Wildman–Crippen MR) is 116 cm³/mol. The molecule has 0 aliphatic heterocycles. The van der Waals surface area contributed by atoms with Crippen LogP contribution in [0.5, 0.6) is 0 Å². The summed E-state index contributed by atoms with van der Waals surface area (Å²) in [4.78, 5) is 2.22. The lowest BCUT2D eigenvalue weighted by Gasteiger charge is -2.30. The maximum Gasteiger partial charge on any atom is 0.0521 e. The van der Waals surface area contributed by atoms with Gasteiger partial charge < -0.3 is 4.90 Å². The van der Waals surface area contributed by atoms with Crippen LogP contribution in [-0.2, 0) is 0 Å². The molecule has 0 amide bonds. The first-order valence-corrected chi connectivity index (χ1v) is 19.0. The molecule has 2 rings (SSSR count). The smallest absolute Gasteiger partial charge is 0.0521 e. The van der Waals surface area contributed by atoms with E-state index in [1.54, 1.807) is 0 Å². The number of fused-ring (bicyclic) bond motifs is 1. The summed E-state index contributed by atoms with van der Waals surface area (Å²) in [7, 11) is 1.59. The summed E-state index contributed by atoms with van der Waals surface area (Å²) in [5, 5.41) is 2.79. The summed E-state index contributed by atoms with van der Waals surface area (Å²) in [6.07, 6.45) is 0. The molecule has 2 aromatic rings. The zero-order valence-corrected chi connectivity index (χ0v) is 19.0. The molecule has 0 saturated heterocycles. The molecule has 0 radical (unpaired) electrons. The van der Waals surface area contributed by atoms with Crippen LogP contribution in [0, 0.1) is 0 Å². The lowest BCUT2D eigenvalue weighted by molar-refractivity contribution is 1.14. The van der Waals surface area contributed by atoms with Crippen molar-refractivity contribution in [1.29, 1.82) is 0 Å². The third kappa shape index (κ3) is 4.11. The van der Waals surface area contributed by atoms with Gasteiger partial charge in [0.25, 0.3) is 0 Å². The van der Waals surface area contributed by atoms with Crippen LogP contribution in [0.1, 0.15) is 5.56 Å². The number of rotatable bonds is 4. The molecule has 4 heteroatoms. The minimum Gasteiger partial charge on any atom is -0.377 e. The van der Waals surface area contributed by atoms with Crippen molar-refractivity contribution >= 4 is 44.8 Å². The van der Waals surface area contributed by atoms with Gasteiger partial charge in [-0.05, 0) is 24.5 Å². The fraction of sp³-hybridized carbons (Fsp3) is 0.421. The predicted octanol–water partition coefficient (Wildman–Crippen LogP) is 4.97. The molecule has 23 heavy (non-hydrogen) atoms. The molecule has 0 atom stereocenters. The topological polar surface area (TPSA) is 3.24 Å². The van der Waals surface area contributed by atoms with Gasteiger partial charge >= 0.3 is 0 Å². The van der Waals surface area contributed by atoms with Crippen LogP contribution >= 0.6 is 0 Å². The number of nitrogens with zero attached hydrogens (tertiary/aromatic N) is 1. The second kappa shape index (κ2) is 6.49. The average Bonchev–Trinajstić information content (AvgIpc) is 2.41. The molecule has 1 nitrogen and oxygen atoms in total. The molecule has 0 fully saturated rings. The normalized spacial score (nSPS) is 12.3. The summed E-state index contributed by atoms with van der Waals surface area (Å²) in [6.45, 7) is 15.4. The van der Waals surface area contributed by atoms with E-state index in [0.29, 0.717) is 0 Å². The van der Waals surface area contributed by atoms with Gasteiger partial charge in [0.2, 0.25) is 0 Å². The zero-order chi connectivity index (χ0) is 17.4. The van der Waals surface area contributed by atoms with Gasteiger partial charge in [0.1, 0.15) is 0 Å². The molecular formula is C19H31NSi3. The van der Waals surface area contributed by atoms with Crippen LogP contribution in [0.3, 0.4) is 0 Å². The molecule has 0 heterocycles. The van der Waals surface area contributed by atoms with Crippen molar-refractivity contribution in [1.82, 2.24) is 0 Å². The highest BCUT2D eigenvalue weighted by Gasteiger charge is 2.31. The van der Waals surface area contributed by atoms with Gasteiger partial charge in [-0.15, -0.1) is 0 Å². The van der Waals surface area contributed by atoms with E-state index in [1.165, 1.54) is 22.0 Å². The Morgan fingerprint density at radius 3 is 1.78 bits per heavy atom. The highest BCUT2D eigenvalue weighted by molar-refractivity contribution is 7.60. The van der Waals surface area contributed by atoms with Gasteiger partial charge in [-0.2, -0.15) is 0 Å². The molecule has 0 N–H and O–H groups in total. The Kier molecular flexibility index (Phi) is 5.18. The molecule has 0 saturated carbocycles. The molecule has 0 aliphatic carbocycles. The van der Waals surface area contributed by atoms with Gasteiger partial charge in [0.05, 0.1) is 15.2 Å². The molecule has 0 unspecified atom stereocenters. The lowest BCUT2D eigenvalue weighted by atomic mass is 10.0. The van der Waals surface area contributed by atoms with Gasteiger partial charge in [0.15, 0.2) is 0 Å². The van der Waals surface area contributed by atoms with E-state index < -0.39 is 22.6 Å². The fourth-order valence-corrected chi connectivity index (χ4v) is 37.7. The summed E-state index contributed by atoms with van der Waals surface area (Å²) >= 11 is 0. The van der Waals surface area contributed by atoms with E-state index >= 15 is 0 Å². The van der Waals surface area contributed by atoms with Gasteiger partial charge in [0, 0.05) is 25.2 Å². The zero-order valence-electron chi connectivity index (χ0n) is 16.0. The van der Waals surface area contributed by atoms with Crippen molar-refractivity contribution in [2.75, 3.05) is 19.0 Å². The van der Waals surface area contributed by atoms with Crippen molar-refractivity contribution in [2.45, 2.75) is 39.3 Å². The van der Waals surface area contributed by atoms with Crippen LogP contribution in [0.25, 0.3) is 10.8 Å². The molecule has 0 aromatic heterocycles. The molecule has 0 aliphatic rings. The van der Waals surface area contributed by atoms with E-state index in [-0.39, 0.29) is 0 Å². The minimum atomic E-state index is -1.13. The Labute approximate surface area is 145 Å². The van der Waals surface area contributed by atoms with Crippen molar-refractivity contribution in [3.05, 3.63) is 42.0 Å². The number of benzene rings is 2. The SMILES string of the molecule is CN(C)c1ccc(C=[Si]([Si](C)(C)C)[Si](C)(C)C)c2ccccc12. The van der Waals surface area contributed by atoms with E-state index in [4.69, 9.17) is 0 Å². The standard InChI is InChI=1S/C19H31NSi3/c1-20(2)19-14-13-16(17-11-9-10-12-18(17)19)15-21(22(3,4)5)23(6,7)8/h9-15H,1-8H3. The first-order valence-electron chi connectivity index (χ1n) is 8.43. The third-order valence-corrected chi connectivity index (χ3v) is 32.2. The lowest BCUT2D eigenvalue weighted by Crippen LogP contribution is -2.54. The molecule has 2 aromatic carbocycles. The minimum absolute atomic E-state index is 0.412. The molecular weight excluding hydrogens is 326 g/mol. The number of hydrogen-bond donors (Lipinski definition) is 0. The van der Waals surface area contributed by atoms with Crippen molar-refractivity contribution < 1.29 is 0 Å². The van der Waals surface area contributed by atoms with Gasteiger partial charge in [-0.3, -0.25) is 0 Å². The van der Waals surface area contributed by atoms with E-state index in [1.807, 2.05) is 0 Å². The molecule has 0 bridgehead atoms. The second-order valence-electron chi connectivity index (χ2n) is 8.67. The third-order valence-electron chi connectivity index (χ3n) is 4.33. The quantitative estimate of drug-likeness (QED) is 0.699. The maximum absolute atomic E-state index is 2.71. The Morgan fingerprint density at radius 2 is 1.30 bits per heavy atom. The average molecular weight is 358 g/mol. The first kappa shape index (κ1) is 18.4. The summed E-state index contributed by atoms with van der Waals surface area (Å²) < 4.78 is 0. The van der Waals surface area contributed by atoms with E-state index in [0.717, 1.165) is 0 Å². The summed E-state index contributed by atoms with van der Waals surface area (Å²) in [6, 6.07) is 13.5. The largest absolute Gasteiger partial charge is 0.377 e. The Hall–Kier alpha value is -0.979. The van der Waals surface area contributed by atoms with Crippen molar-refractivity contribution in [3.8, 4) is 0 Å². The van der Waals surface area contributed by atoms with Crippen LogP contribution in [0.2, 0.25) is 39.3 Å². The summed E-state index contributed by atoms with van der Waals surface area (Å²) in [5.41, 5.74) is 5.49. The number of hydrogen-bond acceptors (Lipinski definition) is 1. The van der Waals surface area contributed by atoms with Gasteiger partial charge in [-0.1, -0.05) is 75.3 Å². The monoisotopic (exact) mass is 357 g/mol. The van der Waals surface area contributed by atoms with Crippen LogP contribution in [0.15, 0.2) is 36.4 Å². The summed E-state index contributed by atoms with van der Waals surface area (Å²) in [5.74, 6) is 0. The van der Waals surface area contributed by atoms with Crippen LogP contribution < -0.4 is 4.90 Å². The Bertz CT molecular complexity index is 718. The Balaban J connectivity index is 2.74. The maximum atomic E-state index is 2.71. The number of anilines is 1. The van der Waals surface area contributed by atoms with Gasteiger partial charge in [-0.25, -0.2) is 0 Å². The van der Waals surface area contributed by atoms with E-state index in [2.05, 4.69) is 100 Å². The van der Waals surface area contributed by atoms with Crippen LogP contribution in [-0.4, -0.2) is 42.4 Å². The van der Waals surface area contributed by atoms with Crippen molar-refractivity contribution in [3.63, 3.8) is 0 Å². The van der Waals surface area contributed by atoms with Crippen LogP contribution in [0.4, 0.5) is 5.69 Å². The highest BCUT2D eigenvalue weighted by atomic mass is 29.6. The van der Waals surface area contributed by atoms with Crippen molar-refractivity contribution in [2.24, 2.45) is 0 Å².